The molecule has 1 amide bonds. The summed E-state index contributed by atoms with van der Waals surface area (Å²) in [4.78, 5) is 20.2. The molecule has 1 aliphatic heterocycles. The highest BCUT2D eigenvalue weighted by atomic mass is 32.1. The van der Waals surface area contributed by atoms with Gasteiger partial charge in [0.1, 0.15) is 0 Å². The minimum absolute atomic E-state index is 0.151. The van der Waals surface area contributed by atoms with Crippen molar-refractivity contribution in [2.24, 2.45) is 0 Å². The first-order chi connectivity index (χ1) is 11.1. The number of likely N-dealkylation sites (N-methyl/N-ethyl adjacent to an activating group) is 1. The highest BCUT2D eigenvalue weighted by Gasteiger charge is 2.25. The van der Waals surface area contributed by atoms with Crippen molar-refractivity contribution >= 4 is 22.2 Å². The van der Waals surface area contributed by atoms with E-state index in [1.165, 1.54) is 0 Å². The number of rotatable bonds is 3. The SMILES string of the molecule is C[C@@H](NC(=O)c1n[nH]c2c1CN(C)CC2)c1cn2ccsc2n1. The summed E-state index contributed by atoms with van der Waals surface area (Å²) in [6, 6.07) is -0.164. The van der Waals surface area contributed by atoms with Gasteiger partial charge in [-0.3, -0.25) is 14.3 Å². The first-order valence-corrected chi connectivity index (χ1v) is 8.47. The maximum Gasteiger partial charge on any atom is 0.272 e. The first kappa shape index (κ1) is 14.4. The topological polar surface area (TPSA) is 78.3 Å². The van der Waals surface area contributed by atoms with E-state index in [0.717, 1.165) is 41.4 Å². The fourth-order valence-electron chi connectivity index (χ4n) is 2.91. The number of thiazole rings is 1. The normalized spacial score (nSPS) is 16.4. The Morgan fingerprint density at radius 1 is 1.52 bits per heavy atom. The van der Waals surface area contributed by atoms with Gasteiger partial charge in [0.05, 0.1) is 11.7 Å². The number of imidazole rings is 1. The zero-order valence-corrected chi connectivity index (χ0v) is 13.9. The predicted octanol–water partition coefficient (Wildman–Crippen LogP) is 1.60. The Morgan fingerprint density at radius 2 is 2.39 bits per heavy atom. The number of amides is 1. The lowest BCUT2D eigenvalue weighted by atomic mass is 10.1. The monoisotopic (exact) mass is 330 g/mol. The van der Waals surface area contributed by atoms with Crippen molar-refractivity contribution in [3.8, 4) is 0 Å². The molecule has 4 heterocycles. The number of fused-ring (bicyclic) bond motifs is 2. The molecule has 3 aromatic heterocycles. The van der Waals surface area contributed by atoms with E-state index < -0.39 is 0 Å². The van der Waals surface area contributed by atoms with Crippen molar-refractivity contribution in [3.63, 3.8) is 0 Å². The first-order valence-electron chi connectivity index (χ1n) is 7.59. The maximum absolute atomic E-state index is 12.6. The summed E-state index contributed by atoms with van der Waals surface area (Å²) in [5.41, 5.74) is 3.43. The lowest BCUT2D eigenvalue weighted by Crippen LogP contribution is -2.31. The van der Waals surface area contributed by atoms with Crippen LogP contribution in [0.3, 0.4) is 0 Å². The van der Waals surface area contributed by atoms with Gasteiger partial charge in [0.2, 0.25) is 0 Å². The van der Waals surface area contributed by atoms with Crippen LogP contribution in [0.15, 0.2) is 17.8 Å². The van der Waals surface area contributed by atoms with Gasteiger partial charge < -0.3 is 10.2 Å². The highest BCUT2D eigenvalue weighted by Crippen LogP contribution is 2.21. The molecule has 0 radical (unpaired) electrons. The second-order valence-corrected chi connectivity index (χ2v) is 6.84. The Bertz CT molecular complexity index is 834. The molecule has 2 N–H and O–H groups in total. The van der Waals surface area contributed by atoms with Crippen molar-refractivity contribution < 1.29 is 4.79 Å². The van der Waals surface area contributed by atoms with Crippen LogP contribution in [-0.4, -0.2) is 44.0 Å². The lowest BCUT2D eigenvalue weighted by molar-refractivity contribution is 0.0932. The largest absolute Gasteiger partial charge is 0.342 e. The third-order valence-corrected chi connectivity index (χ3v) is 5.01. The van der Waals surface area contributed by atoms with E-state index in [1.54, 1.807) is 11.3 Å². The number of aromatic nitrogens is 4. The minimum atomic E-state index is -0.164. The number of hydrogen-bond donors (Lipinski definition) is 2. The minimum Gasteiger partial charge on any atom is -0.342 e. The molecule has 0 fully saturated rings. The molecule has 1 atom stereocenters. The van der Waals surface area contributed by atoms with E-state index in [4.69, 9.17) is 0 Å². The summed E-state index contributed by atoms with van der Waals surface area (Å²) >= 11 is 1.58. The van der Waals surface area contributed by atoms with Crippen LogP contribution in [0.1, 0.15) is 40.4 Å². The number of hydrogen-bond acceptors (Lipinski definition) is 5. The molecule has 7 nitrogen and oxygen atoms in total. The Morgan fingerprint density at radius 3 is 3.22 bits per heavy atom. The van der Waals surface area contributed by atoms with E-state index in [2.05, 4.69) is 32.4 Å². The van der Waals surface area contributed by atoms with Crippen molar-refractivity contribution in [1.29, 1.82) is 0 Å². The molecule has 23 heavy (non-hydrogen) atoms. The van der Waals surface area contributed by atoms with Gasteiger partial charge >= 0.3 is 0 Å². The summed E-state index contributed by atoms with van der Waals surface area (Å²) < 4.78 is 1.97. The van der Waals surface area contributed by atoms with Crippen molar-refractivity contribution in [3.05, 3.63) is 40.4 Å². The molecule has 1 aliphatic rings. The Kier molecular flexibility index (Phi) is 3.42. The van der Waals surface area contributed by atoms with Gasteiger partial charge in [-0.05, 0) is 14.0 Å². The van der Waals surface area contributed by atoms with Crippen LogP contribution >= 0.6 is 11.3 Å². The van der Waals surface area contributed by atoms with E-state index in [1.807, 2.05) is 29.1 Å². The summed E-state index contributed by atoms with van der Waals surface area (Å²) in [7, 11) is 2.05. The Hall–Kier alpha value is -2.19. The molecule has 0 saturated heterocycles. The molecule has 0 aromatic carbocycles. The van der Waals surface area contributed by atoms with Crippen LogP contribution < -0.4 is 5.32 Å². The Labute approximate surface area is 137 Å². The predicted molar refractivity (Wildman–Crippen MR) is 87.6 cm³/mol. The van der Waals surface area contributed by atoms with Gasteiger partial charge in [-0.15, -0.1) is 11.3 Å². The highest BCUT2D eigenvalue weighted by molar-refractivity contribution is 7.15. The molecule has 0 spiro atoms. The van der Waals surface area contributed by atoms with E-state index in [0.29, 0.717) is 5.69 Å². The molecule has 120 valence electrons. The average Bonchev–Trinajstić information content (AvgIpc) is 3.20. The van der Waals surface area contributed by atoms with E-state index in [-0.39, 0.29) is 11.9 Å². The molecule has 3 aromatic rings. The van der Waals surface area contributed by atoms with Crippen LogP contribution in [0, 0.1) is 0 Å². The van der Waals surface area contributed by atoms with Crippen LogP contribution in [0.2, 0.25) is 0 Å². The quantitative estimate of drug-likeness (QED) is 0.764. The molecule has 0 unspecified atom stereocenters. The number of aromatic amines is 1. The molecular weight excluding hydrogens is 312 g/mol. The van der Waals surface area contributed by atoms with Gasteiger partial charge in [0, 0.05) is 48.5 Å². The van der Waals surface area contributed by atoms with Gasteiger partial charge in [0.25, 0.3) is 5.91 Å². The molecule has 0 aliphatic carbocycles. The summed E-state index contributed by atoms with van der Waals surface area (Å²) in [5.74, 6) is -0.151. The lowest BCUT2D eigenvalue weighted by Gasteiger charge is -2.22. The summed E-state index contributed by atoms with van der Waals surface area (Å²) in [5, 5.41) is 12.2. The van der Waals surface area contributed by atoms with Crippen LogP contribution in [0.4, 0.5) is 0 Å². The zero-order chi connectivity index (χ0) is 16.0. The molecule has 4 rings (SSSR count). The maximum atomic E-state index is 12.6. The summed E-state index contributed by atoms with van der Waals surface area (Å²) in [6.45, 7) is 3.68. The Balaban J connectivity index is 1.53. The number of nitrogens with one attached hydrogen (secondary N) is 2. The van der Waals surface area contributed by atoms with E-state index >= 15 is 0 Å². The molecule has 0 saturated carbocycles. The van der Waals surface area contributed by atoms with Crippen LogP contribution in [0.5, 0.6) is 0 Å². The fourth-order valence-corrected chi connectivity index (χ4v) is 3.62. The number of carbonyl (C=O) groups is 1. The standard InChI is InChI=1S/C15H18N6OS/c1-9(12-8-21-5-6-23-15(21)17-12)16-14(22)13-10-7-20(2)4-3-11(10)18-19-13/h5-6,8-9H,3-4,7H2,1-2H3,(H,16,22)(H,18,19)/t9-/m1/s1. The van der Waals surface area contributed by atoms with Gasteiger partial charge in [-0.25, -0.2) is 4.98 Å². The zero-order valence-electron chi connectivity index (χ0n) is 13.0. The smallest absolute Gasteiger partial charge is 0.272 e. The van der Waals surface area contributed by atoms with Crippen LogP contribution in [0.25, 0.3) is 4.96 Å². The second kappa shape index (κ2) is 5.47. The number of carbonyl (C=O) groups excluding carboxylic acids is 1. The van der Waals surface area contributed by atoms with E-state index in [9.17, 15) is 4.79 Å². The fraction of sp³-hybridized carbons (Fsp3) is 0.400. The third-order valence-electron chi connectivity index (χ3n) is 4.24. The molecular formula is C15H18N6OS. The van der Waals surface area contributed by atoms with Crippen molar-refractivity contribution in [2.75, 3.05) is 13.6 Å². The number of nitrogens with zero attached hydrogens (tertiary/aromatic N) is 4. The van der Waals surface area contributed by atoms with Gasteiger partial charge in [-0.1, -0.05) is 0 Å². The van der Waals surface area contributed by atoms with Crippen molar-refractivity contribution in [1.82, 2.24) is 29.8 Å². The molecule has 8 heteroatoms. The van der Waals surface area contributed by atoms with Gasteiger partial charge in [-0.2, -0.15) is 5.10 Å². The summed E-state index contributed by atoms with van der Waals surface area (Å²) in [6.07, 6.45) is 4.81. The second-order valence-electron chi connectivity index (χ2n) is 5.97. The van der Waals surface area contributed by atoms with Gasteiger partial charge in [0.15, 0.2) is 10.7 Å². The van der Waals surface area contributed by atoms with Crippen molar-refractivity contribution in [2.45, 2.75) is 25.9 Å². The number of H-pyrrole nitrogens is 1. The molecule has 0 bridgehead atoms. The third kappa shape index (κ3) is 2.53. The average molecular weight is 330 g/mol. The van der Waals surface area contributed by atoms with Crippen LogP contribution in [-0.2, 0) is 13.0 Å².